The summed E-state index contributed by atoms with van der Waals surface area (Å²) in [7, 11) is 0. The summed E-state index contributed by atoms with van der Waals surface area (Å²) in [5.41, 5.74) is 11.0. The van der Waals surface area contributed by atoms with Crippen LogP contribution in [-0.2, 0) is 6.54 Å². The minimum absolute atomic E-state index is 0. The summed E-state index contributed by atoms with van der Waals surface area (Å²) in [6.07, 6.45) is 1.22. The predicted octanol–water partition coefficient (Wildman–Crippen LogP) is -2.10. The van der Waals surface area contributed by atoms with Gasteiger partial charge in [0.1, 0.15) is 17.8 Å². The fourth-order valence-corrected chi connectivity index (χ4v) is 1.89. The minimum Gasteiger partial charge on any atom is -1.00 e. The second-order valence-corrected chi connectivity index (χ2v) is 5.15. The van der Waals surface area contributed by atoms with Crippen molar-refractivity contribution in [1.82, 2.24) is 9.55 Å². The van der Waals surface area contributed by atoms with Crippen molar-refractivity contribution in [2.24, 2.45) is 0 Å². The molecule has 106 valence electrons. The Morgan fingerprint density at radius 1 is 1.25 bits per heavy atom. The van der Waals surface area contributed by atoms with Gasteiger partial charge in [-0.15, -0.1) is 0 Å². The maximum Gasteiger partial charge on any atom is 0.298 e. The van der Waals surface area contributed by atoms with Crippen molar-refractivity contribution in [3.63, 3.8) is 0 Å². The van der Waals surface area contributed by atoms with Crippen molar-refractivity contribution in [2.45, 2.75) is 6.54 Å². The first-order chi connectivity index (χ1) is 8.99. The van der Waals surface area contributed by atoms with E-state index in [9.17, 15) is 9.59 Å². The number of carbonyl (C=O) groups is 1. The van der Waals surface area contributed by atoms with E-state index in [1.165, 1.54) is 10.9 Å². The van der Waals surface area contributed by atoms with E-state index in [1.54, 1.807) is 12.1 Å². The zero-order chi connectivity index (χ0) is 14.0. The average Bonchev–Trinajstić information content (AvgIpc) is 2.40. The van der Waals surface area contributed by atoms with Gasteiger partial charge in [0.2, 0.25) is 0 Å². The molecule has 0 fully saturated rings. The van der Waals surface area contributed by atoms with Crippen LogP contribution in [0.5, 0.6) is 0 Å². The van der Waals surface area contributed by atoms with Crippen LogP contribution in [0.3, 0.4) is 0 Å². The summed E-state index contributed by atoms with van der Waals surface area (Å²) in [6.45, 7) is -0.0100. The van der Waals surface area contributed by atoms with Crippen LogP contribution in [0.1, 0.15) is 10.4 Å². The van der Waals surface area contributed by atoms with Crippen LogP contribution in [-0.4, -0.2) is 15.3 Å². The molecule has 0 unspecified atom stereocenters. The summed E-state index contributed by atoms with van der Waals surface area (Å²) in [5.74, 6) is -0.0770. The van der Waals surface area contributed by atoms with Gasteiger partial charge in [-0.05, 0) is 34.7 Å². The third-order valence-electron chi connectivity index (χ3n) is 2.61. The molecule has 20 heavy (non-hydrogen) atoms. The number of nitrogens with two attached hydrogens (primary N) is 2. The van der Waals surface area contributed by atoms with E-state index >= 15 is 0 Å². The molecule has 0 saturated carbocycles. The van der Waals surface area contributed by atoms with E-state index in [2.05, 4.69) is 27.6 Å². The molecule has 8 heteroatoms. The fraction of sp³-hybridized carbons (Fsp3) is 0.0833. The summed E-state index contributed by atoms with van der Waals surface area (Å²) >= 11 is 2.16. The van der Waals surface area contributed by atoms with Crippen LogP contribution in [0.2, 0.25) is 0 Å². The van der Waals surface area contributed by atoms with E-state index in [-0.39, 0.29) is 40.8 Å². The predicted molar refractivity (Wildman–Crippen MR) is 80.8 cm³/mol. The Balaban J connectivity index is 0.00000200. The van der Waals surface area contributed by atoms with Crippen molar-refractivity contribution < 1.29 is 21.8 Å². The van der Waals surface area contributed by atoms with Gasteiger partial charge in [0.05, 0.1) is 6.54 Å². The topological polar surface area (TPSA) is 104 Å². The fourth-order valence-electron chi connectivity index (χ4n) is 1.53. The van der Waals surface area contributed by atoms with Crippen LogP contribution in [0.15, 0.2) is 35.4 Å². The van der Waals surface area contributed by atoms with Crippen molar-refractivity contribution in [3.8, 4) is 0 Å². The lowest BCUT2D eigenvalue weighted by molar-refractivity contribution is -0.0000118. The summed E-state index contributed by atoms with van der Waals surface area (Å²) in [4.78, 5) is 26.8. The molecule has 2 rings (SSSR count). The zero-order valence-corrected chi connectivity index (χ0v) is 14.0. The third-order valence-corrected chi connectivity index (χ3v) is 3.33. The first-order valence-corrected chi connectivity index (χ1v) is 6.46. The highest BCUT2D eigenvalue weighted by molar-refractivity contribution is 14.1. The normalized spacial score (nSPS) is 9.85. The Labute approximate surface area is 139 Å². The first kappa shape index (κ1) is 16.6. The molecule has 2 aromatic rings. The number of hydrogen-bond donors (Lipinski definition) is 2. The summed E-state index contributed by atoms with van der Waals surface area (Å²) < 4.78 is 2.40. The molecule has 0 spiro atoms. The molecule has 0 aliphatic carbocycles. The Morgan fingerprint density at radius 3 is 2.45 bits per heavy atom. The molecule has 0 aliphatic heterocycles. The number of halogens is 2. The SMILES string of the molecule is Nc1c(N)n(CC(=O)c2ccc(I)cc2)cnc1=O.[Br-]. The number of benzene rings is 1. The van der Waals surface area contributed by atoms with Crippen LogP contribution in [0.4, 0.5) is 11.5 Å². The van der Waals surface area contributed by atoms with Gasteiger partial charge in [0, 0.05) is 9.13 Å². The molecule has 0 radical (unpaired) electrons. The highest BCUT2D eigenvalue weighted by atomic mass is 127. The molecule has 4 N–H and O–H groups in total. The number of hydrogen-bond acceptors (Lipinski definition) is 5. The standard InChI is InChI=1S/C12H11IN4O2.BrH/c13-8-3-1-7(2-4-8)9(18)5-17-6-16-12(19)10(14)11(17)15;/h1-4,6H,5,14-15H2;1H/p-1. The van der Waals surface area contributed by atoms with E-state index in [0.29, 0.717) is 5.56 Å². The van der Waals surface area contributed by atoms with Gasteiger partial charge in [0.15, 0.2) is 5.78 Å². The van der Waals surface area contributed by atoms with Crippen molar-refractivity contribution >= 4 is 39.9 Å². The van der Waals surface area contributed by atoms with E-state index in [4.69, 9.17) is 11.5 Å². The third kappa shape index (κ3) is 3.57. The number of rotatable bonds is 3. The van der Waals surface area contributed by atoms with Gasteiger partial charge in [-0.25, -0.2) is 0 Å². The lowest BCUT2D eigenvalue weighted by atomic mass is 10.1. The van der Waals surface area contributed by atoms with Gasteiger partial charge in [-0.2, -0.15) is 4.98 Å². The van der Waals surface area contributed by atoms with E-state index in [0.717, 1.165) is 3.57 Å². The van der Waals surface area contributed by atoms with Crippen molar-refractivity contribution in [3.05, 3.63) is 50.1 Å². The monoisotopic (exact) mass is 449 g/mol. The van der Waals surface area contributed by atoms with E-state index < -0.39 is 5.56 Å². The van der Waals surface area contributed by atoms with Gasteiger partial charge >= 0.3 is 0 Å². The lowest BCUT2D eigenvalue weighted by Gasteiger charge is -2.10. The molecule has 0 atom stereocenters. The maximum absolute atomic E-state index is 12.0. The molecule has 0 amide bonds. The Hall–Kier alpha value is -1.42. The molecule has 1 aromatic carbocycles. The molecule has 0 saturated heterocycles. The Bertz CT molecular complexity index is 685. The Kier molecular flexibility index (Phi) is 5.69. The number of ketones is 1. The highest BCUT2D eigenvalue weighted by Crippen LogP contribution is 2.11. The minimum atomic E-state index is -0.588. The number of anilines is 2. The number of nitrogens with zero attached hydrogens (tertiary/aromatic N) is 2. The lowest BCUT2D eigenvalue weighted by Crippen LogP contribution is -3.00. The molecule has 0 bridgehead atoms. The van der Waals surface area contributed by atoms with Gasteiger partial charge in [-0.3, -0.25) is 9.59 Å². The van der Waals surface area contributed by atoms with Crippen LogP contribution in [0.25, 0.3) is 0 Å². The van der Waals surface area contributed by atoms with Gasteiger partial charge in [-0.1, -0.05) is 12.1 Å². The van der Waals surface area contributed by atoms with E-state index in [1.807, 2.05) is 12.1 Å². The largest absolute Gasteiger partial charge is 1.00 e. The smallest absolute Gasteiger partial charge is 0.298 e. The van der Waals surface area contributed by atoms with Crippen molar-refractivity contribution in [2.75, 3.05) is 11.5 Å². The van der Waals surface area contributed by atoms with Gasteiger partial charge < -0.3 is 33.0 Å². The number of carbonyl (C=O) groups excluding carboxylic acids is 1. The molecule has 0 aliphatic rings. The van der Waals surface area contributed by atoms with Crippen LogP contribution in [0, 0.1) is 3.57 Å². The molecule has 1 heterocycles. The maximum atomic E-state index is 12.0. The number of Topliss-reactive ketones (excluding diaryl/α,β-unsaturated/α-hetero) is 1. The second kappa shape index (κ2) is 6.84. The molecule has 1 aromatic heterocycles. The van der Waals surface area contributed by atoms with Crippen LogP contribution >= 0.6 is 22.6 Å². The van der Waals surface area contributed by atoms with Crippen LogP contribution < -0.4 is 34.0 Å². The molecular formula is C12H11BrIN4O2-. The highest BCUT2D eigenvalue weighted by Gasteiger charge is 2.11. The number of nitrogen functional groups attached to an aromatic ring is 2. The Morgan fingerprint density at radius 2 is 1.85 bits per heavy atom. The number of aromatic nitrogens is 2. The van der Waals surface area contributed by atoms with Gasteiger partial charge in [0.25, 0.3) is 5.56 Å². The average molecular weight is 450 g/mol. The quantitative estimate of drug-likeness (QED) is 0.412. The molecule has 6 nitrogen and oxygen atoms in total. The second-order valence-electron chi connectivity index (χ2n) is 3.91. The molecular weight excluding hydrogens is 439 g/mol. The summed E-state index contributed by atoms with van der Waals surface area (Å²) in [5, 5.41) is 0. The summed E-state index contributed by atoms with van der Waals surface area (Å²) in [6, 6.07) is 7.16. The van der Waals surface area contributed by atoms with Crippen molar-refractivity contribution in [1.29, 1.82) is 0 Å². The first-order valence-electron chi connectivity index (χ1n) is 5.38. The zero-order valence-electron chi connectivity index (χ0n) is 10.2.